The molecule has 0 aliphatic heterocycles. The third-order valence-corrected chi connectivity index (χ3v) is 3.29. The van der Waals surface area contributed by atoms with Crippen LogP contribution >= 0.6 is 11.3 Å². The number of aliphatic hydroxyl groups excluding tert-OH is 1. The monoisotopic (exact) mass is 183 g/mol. The molecule has 2 unspecified atom stereocenters. The van der Waals surface area contributed by atoms with Crippen molar-refractivity contribution in [3.8, 4) is 0 Å². The van der Waals surface area contributed by atoms with Crippen LogP contribution in [0.1, 0.15) is 24.1 Å². The Balaban J connectivity index is 1.88. The second-order valence-corrected chi connectivity index (χ2v) is 4.48. The highest BCUT2D eigenvalue weighted by atomic mass is 32.1. The Labute approximate surface area is 76.3 Å². The Bertz CT molecular complexity index is 235. The predicted octanol–water partition coefficient (Wildman–Crippen LogP) is 1.85. The maximum absolute atomic E-state index is 9.32. The fraction of sp³-hybridized carbons (Fsp3) is 0.667. The highest BCUT2D eigenvalue weighted by Crippen LogP contribution is 2.29. The average molecular weight is 183 g/mol. The number of nitrogens with zero attached hydrogens (tertiary/aromatic N) is 1. The first-order valence-electron chi connectivity index (χ1n) is 4.40. The number of aromatic nitrogens is 1. The quantitative estimate of drug-likeness (QED) is 0.759. The molecule has 3 heteroatoms. The summed E-state index contributed by atoms with van der Waals surface area (Å²) in [7, 11) is 0. The van der Waals surface area contributed by atoms with Crippen molar-refractivity contribution in [2.24, 2.45) is 5.92 Å². The van der Waals surface area contributed by atoms with Crippen molar-refractivity contribution in [3.05, 3.63) is 16.6 Å². The summed E-state index contributed by atoms with van der Waals surface area (Å²) in [6.45, 7) is 0. The van der Waals surface area contributed by atoms with Crippen molar-refractivity contribution in [1.82, 2.24) is 4.98 Å². The second kappa shape index (κ2) is 3.54. The SMILES string of the molecule is OC1CCC(Cc2cncs2)C1. The van der Waals surface area contributed by atoms with E-state index in [2.05, 4.69) is 4.98 Å². The van der Waals surface area contributed by atoms with Crippen molar-refractivity contribution in [2.45, 2.75) is 31.8 Å². The van der Waals surface area contributed by atoms with Crippen LogP contribution in [-0.4, -0.2) is 16.2 Å². The summed E-state index contributed by atoms with van der Waals surface area (Å²) in [5, 5.41) is 9.32. The van der Waals surface area contributed by atoms with E-state index >= 15 is 0 Å². The van der Waals surface area contributed by atoms with E-state index < -0.39 is 0 Å². The van der Waals surface area contributed by atoms with Crippen LogP contribution in [0.3, 0.4) is 0 Å². The highest BCUT2D eigenvalue weighted by Gasteiger charge is 2.22. The van der Waals surface area contributed by atoms with Crippen LogP contribution in [0.4, 0.5) is 0 Å². The minimum absolute atomic E-state index is 0.0390. The van der Waals surface area contributed by atoms with Gasteiger partial charge in [0.25, 0.3) is 0 Å². The van der Waals surface area contributed by atoms with Gasteiger partial charge in [-0.15, -0.1) is 11.3 Å². The lowest BCUT2D eigenvalue weighted by Crippen LogP contribution is -2.02. The number of aliphatic hydroxyl groups is 1. The first-order valence-corrected chi connectivity index (χ1v) is 5.28. The van der Waals surface area contributed by atoms with Crippen LogP contribution in [0, 0.1) is 5.92 Å². The van der Waals surface area contributed by atoms with E-state index in [-0.39, 0.29) is 6.10 Å². The summed E-state index contributed by atoms with van der Waals surface area (Å²) in [6, 6.07) is 0. The van der Waals surface area contributed by atoms with Crippen LogP contribution in [0.15, 0.2) is 11.7 Å². The standard InChI is InChI=1S/C9H13NOS/c11-8-2-1-7(3-8)4-9-5-10-6-12-9/h5-8,11H,1-4H2. The number of hydrogen-bond acceptors (Lipinski definition) is 3. The summed E-state index contributed by atoms with van der Waals surface area (Å²) in [5.74, 6) is 0.695. The molecule has 1 aliphatic carbocycles. The van der Waals surface area contributed by atoms with Gasteiger partial charge in [-0.1, -0.05) is 0 Å². The summed E-state index contributed by atoms with van der Waals surface area (Å²) < 4.78 is 0. The Hall–Kier alpha value is -0.410. The summed E-state index contributed by atoms with van der Waals surface area (Å²) in [4.78, 5) is 5.39. The molecule has 1 heterocycles. The van der Waals surface area contributed by atoms with Gasteiger partial charge in [0.05, 0.1) is 11.6 Å². The zero-order chi connectivity index (χ0) is 8.39. The highest BCUT2D eigenvalue weighted by molar-refractivity contribution is 7.09. The van der Waals surface area contributed by atoms with Gasteiger partial charge in [-0.25, -0.2) is 0 Å². The van der Waals surface area contributed by atoms with Gasteiger partial charge < -0.3 is 5.11 Å². The van der Waals surface area contributed by atoms with Crippen LogP contribution in [-0.2, 0) is 6.42 Å². The van der Waals surface area contributed by atoms with Crippen LogP contribution in [0.2, 0.25) is 0 Å². The third-order valence-electron chi connectivity index (χ3n) is 2.49. The van der Waals surface area contributed by atoms with E-state index in [1.54, 1.807) is 11.3 Å². The molecule has 1 fully saturated rings. The first-order chi connectivity index (χ1) is 5.84. The Morgan fingerprint density at radius 1 is 1.58 bits per heavy atom. The number of hydrogen-bond donors (Lipinski definition) is 1. The number of rotatable bonds is 2. The van der Waals surface area contributed by atoms with Crippen LogP contribution in [0.5, 0.6) is 0 Å². The van der Waals surface area contributed by atoms with E-state index in [9.17, 15) is 5.11 Å². The topological polar surface area (TPSA) is 33.1 Å². The zero-order valence-corrected chi connectivity index (χ0v) is 7.76. The predicted molar refractivity (Wildman–Crippen MR) is 49.2 cm³/mol. The van der Waals surface area contributed by atoms with Crippen molar-refractivity contribution in [1.29, 1.82) is 0 Å². The lowest BCUT2D eigenvalue weighted by molar-refractivity contribution is 0.177. The van der Waals surface area contributed by atoms with Crippen molar-refractivity contribution < 1.29 is 5.11 Å². The summed E-state index contributed by atoms with van der Waals surface area (Å²) in [6.07, 6.45) is 6.17. The molecule has 0 bridgehead atoms. The largest absolute Gasteiger partial charge is 0.393 e. The van der Waals surface area contributed by atoms with E-state index in [4.69, 9.17) is 0 Å². The molecule has 0 amide bonds. The molecule has 2 nitrogen and oxygen atoms in total. The molecule has 1 N–H and O–H groups in total. The second-order valence-electron chi connectivity index (χ2n) is 3.50. The fourth-order valence-corrected chi connectivity index (χ4v) is 2.57. The van der Waals surface area contributed by atoms with Crippen molar-refractivity contribution in [2.75, 3.05) is 0 Å². The minimum Gasteiger partial charge on any atom is -0.393 e. The van der Waals surface area contributed by atoms with Gasteiger partial charge >= 0.3 is 0 Å². The smallest absolute Gasteiger partial charge is 0.0794 e. The fourth-order valence-electron chi connectivity index (χ4n) is 1.86. The average Bonchev–Trinajstić information content (AvgIpc) is 2.63. The maximum Gasteiger partial charge on any atom is 0.0794 e. The molecule has 2 atom stereocenters. The molecule has 1 aliphatic rings. The van der Waals surface area contributed by atoms with Crippen LogP contribution < -0.4 is 0 Å². The van der Waals surface area contributed by atoms with Gasteiger partial charge in [-0.05, 0) is 31.6 Å². The molecular formula is C9H13NOS. The molecule has 0 saturated heterocycles. The number of thiazole rings is 1. The van der Waals surface area contributed by atoms with Gasteiger partial charge in [0.1, 0.15) is 0 Å². The van der Waals surface area contributed by atoms with Gasteiger partial charge in [0.2, 0.25) is 0 Å². The summed E-state index contributed by atoms with van der Waals surface area (Å²) >= 11 is 1.72. The first kappa shape index (κ1) is 8.20. The summed E-state index contributed by atoms with van der Waals surface area (Å²) in [5.41, 5.74) is 1.88. The normalized spacial score (nSPS) is 29.4. The Morgan fingerprint density at radius 2 is 2.50 bits per heavy atom. The molecule has 1 aromatic heterocycles. The van der Waals surface area contributed by atoms with Gasteiger partial charge in [0.15, 0.2) is 0 Å². The van der Waals surface area contributed by atoms with Gasteiger partial charge in [0, 0.05) is 11.1 Å². The van der Waals surface area contributed by atoms with Crippen molar-refractivity contribution in [3.63, 3.8) is 0 Å². The third kappa shape index (κ3) is 1.84. The molecule has 2 rings (SSSR count). The minimum atomic E-state index is -0.0390. The molecule has 0 aromatic carbocycles. The molecule has 0 spiro atoms. The molecule has 0 radical (unpaired) electrons. The zero-order valence-electron chi connectivity index (χ0n) is 6.94. The molecule has 1 aromatic rings. The molecule has 12 heavy (non-hydrogen) atoms. The molecular weight excluding hydrogens is 170 g/mol. The van der Waals surface area contributed by atoms with Gasteiger partial charge in [-0.2, -0.15) is 0 Å². The van der Waals surface area contributed by atoms with Crippen LogP contribution in [0.25, 0.3) is 0 Å². The van der Waals surface area contributed by atoms with Gasteiger partial charge in [-0.3, -0.25) is 4.98 Å². The van der Waals surface area contributed by atoms with E-state index in [1.165, 1.54) is 11.3 Å². The van der Waals surface area contributed by atoms with E-state index in [1.807, 2.05) is 11.7 Å². The maximum atomic E-state index is 9.32. The lowest BCUT2D eigenvalue weighted by atomic mass is 10.0. The molecule has 66 valence electrons. The van der Waals surface area contributed by atoms with E-state index in [0.29, 0.717) is 5.92 Å². The Kier molecular flexibility index (Phi) is 2.42. The Morgan fingerprint density at radius 3 is 3.08 bits per heavy atom. The lowest BCUT2D eigenvalue weighted by Gasteiger charge is -2.05. The molecule has 1 saturated carbocycles. The van der Waals surface area contributed by atoms with E-state index in [0.717, 1.165) is 19.3 Å². The van der Waals surface area contributed by atoms with Crippen molar-refractivity contribution >= 4 is 11.3 Å².